The molecule has 2 fully saturated rings. The number of fused-ring (bicyclic) bond motifs is 2. The molecule has 0 saturated heterocycles. The van der Waals surface area contributed by atoms with Gasteiger partial charge in [0.05, 0.1) is 0 Å². The highest BCUT2D eigenvalue weighted by molar-refractivity contribution is 6.36. The molecular weight excluding hydrogens is 532 g/mol. The predicted octanol–water partition coefficient (Wildman–Crippen LogP) is 0.130. The molecule has 4 amide bonds. The zero-order chi connectivity index (χ0) is 29.5. The summed E-state index contributed by atoms with van der Waals surface area (Å²) in [7, 11) is 1.30. The van der Waals surface area contributed by atoms with Crippen molar-refractivity contribution in [3.05, 3.63) is 40.8 Å². The van der Waals surface area contributed by atoms with E-state index < -0.39 is 35.1 Å². The molecule has 2 aliphatic rings. The number of hydrogen-bond donors (Lipinski definition) is 5. The van der Waals surface area contributed by atoms with E-state index in [1.165, 1.54) is 42.8 Å². The van der Waals surface area contributed by atoms with Gasteiger partial charge in [-0.15, -0.1) is 0 Å². The summed E-state index contributed by atoms with van der Waals surface area (Å²) in [6.45, 7) is 1.95. The van der Waals surface area contributed by atoms with E-state index in [2.05, 4.69) is 43.4 Å². The van der Waals surface area contributed by atoms with Crippen LogP contribution in [0.25, 0.3) is 0 Å². The number of amides is 4. The maximum Gasteiger partial charge on any atom is 0.289 e. The molecule has 2 aliphatic carbocycles. The van der Waals surface area contributed by atoms with Gasteiger partial charge in [0.25, 0.3) is 17.4 Å². The minimum Gasteiger partial charge on any atom is -0.353 e. The van der Waals surface area contributed by atoms with Crippen LogP contribution in [0, 0.1) is 17.8 Å². The smallest absolute Gasteiger partial charge is 0.289 e. The Kier molecular flexibility index (Phi) is 9.63. The Hall–Kier alpha value is -4.36. The summed E-state index contributed by atoms with van der Waals surface area (Å²) in [5.74, 6) is -2.06. The molecule has 0 radical (unpaired) electrons. The van der Waals surface area contributed by atoms with Gasteiger partial charge >= 0.3 is 0 Å². The Bertz CT molecular complexity index is 1340. The molecule has 2 heterocycles. The SMILES string of the molecule is CNC(=O)C(=O)CC[C@H](NC(=O)c1ncn[nH]1)C(=O)Nc1cccn(CC(=O)NC2C(C)CC3CCCC2C3)c1=O. The van der Waals surface area contributed by atoms with Crippen LogP contribution in [0.15, 0.2) is 29.5 Å². The van der Waals surface area contributed by atoms with Gasteiger partial charge in [-0.05, 0) is 55.6 Å². The number of aromatic nitrogens is 4. The lowest BCUT2D eigenvalue weighted by molar-refractivity contribution is -0.137. The van der Waals surface area contributed by atoms with Gasteiger partial charge in [-0.25, -0.2) is 4.98 Å². The molecule has 2 aromatic heterocycles. The Morgan fingerprint density at radius 2 is 1.98 bits per heavy atom. The highest BCUT2D eigenvalue weighted by Gasteiger charge is 2.38. The van der Waals surface area contributed by atoms with Crippen molar-refractivity contribution in [2.24, 2.45) is 17.8 Å². The minimum atomic E-state index is -1.29. The summed E-state index contributed by atoms with van der Waals surface area (Å²) in [6, 6.07) is 1.69. The van der Waals surface area contributed by atoms with Crippen molar-refractivity contribution in [2.75, 3.05) is 12.4 Å². The molecule has 2 aromatic rings. The van der Waals surface area contributed by atoms with E-state index >= 15 is 0 Å². The van der Waals surface area contributed by atoms with Crippen LogP contribution in [-0.4, -0.2) is 68.3 Å². The molecule has 41 heavy (non-hydrogen) atoms. The molecule has 0 spiro atoms. The quantitative estimate of drug-likeness (QED) is 0.236. The second kappa shape index (κ2) is 13.3. The van der Waals surface area contributed by atoms with Crippen molar-refractivity contribution in [2.45, 2.75) is 70.5 Å². The maximum absolute atomic E-state index is 13.1. The van der Waals surface area contributed by atoms with Crippen LogP contribution >= 0.6 is 0 Å². The Balaban J connectivity index is 1.42. The number of ketones is 1. The van der Waals surface area contributed by atoms with Crippen LogP contribution in [0.4, 0.5) is 5.69 Å². The van der Waals surface area contributed by atoms with E-state index in [-0.39, 0.29) is 42.8 Å². The number of anilines is 1. The van der Waals surface area contributed by atoms with Crippen molar-refractivity contribution in [3.63, 3.8) is 0 Å². The summed E-state index contributed by atoms with van der Waals surface area (Å²) in [6.07, 6.45) is 7.76. The average molecular weight is 569 g/mol. The van der Waals surface area contributed by atoms with E-state index in [9.17, 15) is 28.8 Å². The van der Waals surface area contributed by atoms with Crippen LogP contribution in [-0.2, 0) is 25.7 Å². The van der Waals surface area contributed by atoms with Crippen LogP contribution < -0.4 is 26.8 Å². The fourth-order valence-corrected chi connectivity index (χ4v) is 5.97. The summed E-state index contributed by atoms with van der Waals surface area (Å²) < 4.78 is 1.21. The number of likely N-dealkylation sites (N-methyl/N-ethyl adjacent to an activating group) is 1. The molecule has 4 unspecified atom stereocenters. The van der Waals surface area contributed by atoms with E-state index in [1.807, 2.05) is 0 Å². The fourth-order valence-electron chi connectivity index (χ4n) is 5.97. The number of aromatic amines is 1. The summed E-state index contributed by atoms with van der Waals surface area (Å²) in [5, 5.41) is 16.2. The number of pyridine rings is 1. The lowest BCUT2D eigenvalue weighted by Crippen LogP contribution is -2.50. The first kappa shape index (κ1) is 29.6. The van der Waals surface area contributed by atoms with E-state index in [0.29, 0.717) is 11.8 Å². The molecule has 4 rings (SSSR count). The topological polar surface area (TPSA) is 197 Å². The Labute approximate surface area is 236 Å². The van der Waals surface area contributed by atoms with Crippen LogP contribution in [0.1, 0.15) is 62.5 Å². The van der Waals surface area contributed by atoms with E-state index in [1.54, 1.807) is 0 Å². The van der Waals surface area contributed by atoms with Crippen LogP contribution in [0.2, 0.25) is 0 Å². The van der Waals surface area contributed by atoms with Gasteiger partial charge in [-0.1, -0.05) is 19.8 Å². The van der Waals surface area contributed by atoms with Gasteiger partial charge in [0, 0.05) is 25.7 Å². The van der Waals surface area contributed by atoms with Crippen molar-refractivity contribution in [1.82, 2.24) is 35.7 Å². The monoisotopic (exact) mass is 568 g/mol. The van der Waals surface area contributed by atoms with Gasteiger partial charge < -0.3 is 25.8 Å². The molecular formula is C27H36N8O6. The van der Waals surface area contributed by atoms with E-state index in [4.69, 9.17) is 0 Å². The largest absolute Gasteiger partial charge is 0.353 e. The maximum atomic E-state index is 13.1. The average Bonchev–Trinajstić information content (AvgIpc) is 3.50. The lowest BCUT2D eigenvalue weighted by Gasteiger charge is -2.44. The highest BCUT2D eigenvalue weighted by atomic mass is 16.2. The third-order valence-corrected chi connectivity index (χ3v) is 7.96. The minimum absolute atomic E-state index is 0.0730. The third kappa shape index (κ3) is 7.44. The number of carbonyl (C=O) groups excluding carboxylic acids is 5. The number of nitrogens with one attached hydrogen (secondary N) is 5. The second-order valence-electron chi connectivity index (χ2n) is 10.8. The lowest BCUT2D eigenvalue weighted by atomic mass is 9.65. The molecule has 2 bridgehead atoms. The highest BCUT2D eigenvalue weighted by Crippen LogP contribution is 2.42. The molecule has 14 nitrogen and oxygen atoms in total. The van der Waals surface area contributed by atoms with Crippen molar-refractivity contribution < 1.29 is 24.0 Å². The summed E-state index contributed by atoms with van der Waals surface area (Å²) in [5.41, 5.74) is -0.713. The molecule has 14 heteroatoms. The number of hydrogen-bond acceptors (Lipinski definition) is 8. The first-order valence-electron chi connectivity index (χ1n) is 13.9. The van der Waals surface area contributed by atoms with Crippen molar-refractivity contribution >= 4 is 35.1 Å². The number of H-pyrrole nitrogens is 1. The normalized spacial score (nSPS) is 22.2. The van der Waals surface area contributed by atoms with Gasteiger partial charge in [0.1, 0.15) is 24.6 Å². The first-order chi connectivity index (χ1) is 19.7. The number of rotatable bonds is 11. The second-order valence-corrected chi connectivity index (χ2v) is 10.8. The fraction of sp³-hybridized carbons (Fsp3) is 0.556. The van der Waals surface area contributed by atoms with Crippen molar-refractivity contribution in [1.29, 1.82) is 0 Å². The molecule has 220 valence electrons. The summed E-state index contributed by atoms with van der Waals surface area (Å²) >= 11 is 0. The van der Waals surface area contributed by atoms with Gasteiger partial charge in [0.15, 0.2) is 0 Å². The van der Waals surface area contributed by atoms with Crippen molar-refractivity contribution in [3.8, 4) is 0 Å². The standard InChI is InChI=1S/C27H36N8O6/c1-15-11-16-5-3-6-17(12-16)22(15)33-21(37)13-35-10-4-7-19(27(35)41)32-24(38)18(8-9-20(36)25(39)28-2)31-26(40)23-29-14-30-34-23/h4,7,10,14-18,22H,3,5-6,8-9,11-13H2,1-2H3,(H,28,39)(H,31,40)(H,32,38)(H,33,37)(H,29,30,34)/t15?,16?,17?,18-,22?/m0/s1. The molecule has 0 aromatic carbocycles. The van der Waals surface area contributed by atoms with Crippen LogP contribution in [0.3, 0.4) is 0 Å². The first-order valence-corrected chi connectivity index (χ1v) is 13.9. The third-order valence-electron chi connectivity index (χ3n) is 7.96. The number of carbonyl (C=O) groups is 5. The molecule has 2 saturated carbocycles. The summed E-state index contributed by atoms with van der Waals surface area (Å²) in [4.78, 5) is 79.1. The number of Topliss-reactive ketones (excluding diaryl/α,β-unsaturated/α-hetero) is 1. The van der Waals surface area contributed by atoms with Gasteiger partial charge in [-0.3, -0.25) is 33.9 Å². The van der Waals surface area contributed by atoms with Gasteiger partial charge in [0.2, 0.25) is 23.4 Å². The zero-order valence-electron chi connectivity index (χ0n) is 23.1. The van der Waals surface area contributed by atoms with Gasteiger partial charge in [-0.2, -0.15) is 5.10 Å². The van der Waals surface area contributed by atoms with E-state index in [0.717, 1.165) is 31.5 Å². The zero-order valence-corrected chi connectivity index (χ0v) is 23.1. The Morgan fingerprint density at radius 3 is 2.71 bits per heavy atom. The molecule has 5 N–H and O–H groups in total. The predicted molar refractivity (Wildman–Crippen MR) is 146 cm³/mol. The van der Waals surface area contributed by atoms with Crippen LogP contribution in [0.5, 0.6) is 0 Å². The number of nitrogens with zero attached hydrogens (tertiary/aromatic N) is 3. The molecule has 0 aliphatic heterocycles. The molecule has 5 atom stereocenters. The Morgan fingerprint density at radius 1 is 1.17 bits per heavy atom.